The molecule has 0 saturated carbocycles. The van der Waals surface area contributed by atoms with Crippen LogP contribution in [0.25, 0.3) is 11.0 Å². The Hall–Kier alpha value is -2.73. The number of para-hydroxylation sites is 1. The fourth-order valence-electron chi connectivity index (χ4n) is 3.41. The van der Waals surface area contributed by atoms with Gasteiger partial charge in [0.2, 0.25) is 5.91 Å². The number of benzene rings is 2. The van der Waals surface area contributed by atoms with Crippen molar-refractivity contribution in [2.45, 2.75) is 26.8 Å². The molecular formula is C22H22N2O3S. The van der Waals surface area contributed by atoms with E-state index in [1.54, 1.807) is 16.7 Å². The number of furan rings is 1. The van der Waals surface area contributed by atoms with Crippen LogP contribution in [0, 0.1) is 20.8 Å². The summed E-state index contributed by atoms with van der Waals surface area (Å²) in [5.41, 5.74) is 4.53. The zero-order valence-corrected chi connectivity index (χ0v) is 16.9. The summed E-state index contributed by atoms with van der Waals surface area (Å²) in [6.07, 6.45) is 0. The van der Waals surface area contributed by atoms with E-state index in [1.165, 1.54) is 5.56 Å². The van der Waals surface area contributed by atoms with Gasteiger partial charge in [0.05, 0.1) is 5.88 Å². The van der Waals surface area contributed by atoms with Crippen molar-refractivity contribution in [1.82, 2.24) is 4.90 Å². The molecule has 144 valence electrons. The molecule has 0 bridgehead atoms. The molecule has 2 amide bonds. The first kappa shape index (κ1) is 18.6. The summed E-state index contributed by atoms with van der Waals surface area (Å²) in [7, 11) is 0. The Morgan fingerprint density at radius 1 is 1.11 bits per heavy atom. The Kier molecular flexibility index (Phi) is 4.89. The van der Waals surface area contributed by atoms with Gasteiger partial charge in [0, 0.05) is 22.4 Å². The van der Waals surface area contributed by atoms with Crippen molar-refractivity contribution in [3.63, 3.8) is 0 Å². The smallest absolute Gasteiger partial charge is 0.291 e. The van der Waals surface area contributed by atoms with E-state index in [2.05, 4.69) is 5.32 Å². The number of nitrogens with one attached hydrogen (secondary N) is 1. The number of rotatable bonds is 3. The fourth-order valence-corrected chi connectivity index (χ4v) is 4.57. The molecule has 28 heavy (non-hydrogen) atoms. The number of aryl methyl sites for hydroxylation is 3. The van der Waals surface area contributed by atoms with Crippen LogP contribution in [0.1, 0.15) is 27.2 Å². The van der Waals surface area contributed by atoms with Crippen molar-refractivity contribution in [3.8, 4) is 0 Å². The van der Waals surface area contributed by atoms with Gasteiger partial charge < -0.3 is 14.6 Å². The van der Waals surface area contributed by atoms with Gasteiger partial charge in [-0.2, -0.15) is 0 Å². The number of anilines is 1. The third-order valence-electron chi connectivity index (χ3n) is 5.26. The number of amides is 2. The molecule has 1 fully saturated rings. The van der Waals surface area contributed by atoms with E-state index in [1.807, 2.05) is 63.2 Å². The minimum absolute atomic E-state index is 0.171. The normalized spacial score (nSPS) is 16.5. The number of hydrogen-bond donors (Lipinski definition) is 1. The minimum Gasteiger partial charge on any atom is -0.451 e. The zero-order chi connectivity index (χ0) is 19.8. The molecule has 6 heteroatoms. The van der Waals surface area contributed by atoms with Crippen LogP contribution in [-0.4, -0.2) is 34.4 Å². The lowest BCUT2D eigenvalue weighted by molar-refractivity contribution is -0.119. The molecule has 0 aliphatic carbocycles. The lowest BCUT2D eigenvalue weighted by Crippen LogP contribution is -2.44. The first-order chi connectivity index (χ1) is 13.5. The van der Waals surface area contributed by atoms with E-state index in [0.29, 0.717) is 23.0 Å². The maximum atomic E-state index is 13.1. The molecule has 1 aromatic heterocycles. The minimum atomic E-state index is -0.522. The molecule has 1 unspecified atom stereocenters. The van der Waals surface area contributed by atoms with E-state index in [9.17, 15) is 9.59 Å². The SMILES string of the molecule is Cc1ccc(NC(=O)C2CSCN2C(=O)c2oc3ccccc3c2C)cc1C. The van der Waals surface area contributed by atoms with Gasteiger partial charge in [-0.3, -0.25) is 9.59 Å². The van der Waals surface area contributed by atoms with Crippen LogP contribution in [0.5, 0.6) is 0 Å². The largest absolute Gasteiger partial charge is 0.451 e. The highest BCUT2D eigenvalue weighted by Crippen LogP contribution is 2.30. The third kappa shape index (κ3) is 3.29. The fraction of sp³-hybridized carbons (Fsp3) is 0.273. The number of carbonyl (C=O) groups is 2. The van der Waals surface area contributed by atoms with Gasteiger partial charge in [-0.15, -0.1) is 11.8 Å². The van der Waals surface area contributed by atoms with Gasteiger partial charge >= 0.3 is 0 Å². The number of hydrogen-bond acceptors (Lipinski definition) is 4. The molecule has 1 atom stereocenters. The Morgan fingerprint density at radius 2 is 1.89 bits per heavy atom. The predicted molar refractivity (Wildman–Crippen MR) is 113 cm³/mol. The quantitative estimate of drug-likeness (QED) is 0.710. The molecule has 3 aromatic rings. The van der Waals surface area contributed by atoms with Gasteiger partial charge in [0.1, 0.15) is 11.6 Å². The summed E-state index contributed by atoms with van der Waals surface area (Å²) in [4.78, 5) is 27.6. The Morgan fingerprint density at radius 3 is 2.64 bits per heavy atom. The van der Waals surface area contributed by atoms with Crippen LogP contribution in [0.2, 0.25) is 0 Å². The summed E-state index contributed by atoms with van der Waals surface area (Å²) < 4.78 is 5.82. The van der Waals surface area contributed by atoms with Crippen LogP contribution < -0.4 is 5.32 Å². The highest BCUT2D eigenvalue weighted by atomic mass is 32.2. The zero-order valence-electron chi connectivity index (χ0n) is 16.1. The average Bonchev–Trinajstić information content (AvgIpc) is 3.30. The Labute approximate surface area is 168 Å². The standard InChI is InChI=1S/C22H22N2O3S/c1-13-8-9-16(10-14(13)2)23-21(25)18-11-28-12-24(18)22(26)20-15(3)17-6-4-5-7-19(17)27-20/h4-10,18H,11-12H2,1-3H3,(H,23,25). The van der Waals surface area contributed by atoms with Crippen molar-refractivity contribution in [3.05, 3.63) is 64.9 Å². The molecule has 0 radical (unpaired) electrons. The molecule has 1 N–H and O–H groups in total. The van der Waals surface area contributed by atoms with Crippen molar-refractivity contribution < 1.29 is 14.0 Å². The van der Waals surface area contributed by atoms with E-state index in [0.717, 1.165) is 22.2 Å². The Balaban J connectivity index is 1.56. The summed E-state index contributed by atoms with van der Waals surface area (Å²) in [5, 5.41) is 3.88. The molecular weight excluding hydrogens is 372 g/mol. The molecule has 2 heterocycles. The van der Waals surface area contributed by atoms with Crippen molar-refractivity contribution in [2.75, 3.05) is 16.9 Å². The predicted octanol–water partition coefficient (Wildman–Crippen LogP) is 4.51. The lowest BCUT2D eigenvalue weighted by atomic mass is 10.1. The van der Waals surface area contributed by atoms with Crippen molar-refractivity contribution in [2.24, 2.45) is 0 Å². The van der Waals surface area contributed by atoms with Gasteiger partial charge in [-0.25, -0.2) is 0 Å². The van der Waals surface area contributed by atoms with Gasteiger partial charge in [0.15, 0.2) is 5.76 Å². The van der Waals surface area contributed by atoms with E-state index >= 15 is 0 Å². The van der Waals surface area contributed by atoms with Crippen molar-refractivity contribution in [1.29, 1.82) is 0 Å². The van der Waals surface area contributed by atoms with Crippen LogP contribution in [-0.2, 0) is 4.79 Å². The first-order valence-corrected chi connectivity index (χ1v) is 10.4. The molecule has 1 saturated heterocycles. The average molecular weight is 394 g/mol. The Bertz CT molecular complexity index is 1070. The van der Waals surface area contributed by atoms with E-state index in [4.69, 9.17) is 4.42 Å². The molecule has 5 nitrogen and oxygen atoms in total. The molecule has 0 spiro atoms. The summed E-state index contributed by atoms with van der Waals surface area (Å²) in [5.74, 6) is 0.948. The first-order valence-electron chi connectivity index (χ1n) is 9.20. The highest BCUT2D eigenvalue weighted by Gasteiger charge is 2.37. The maximum absolute atomic E-state index is 13.1. The number of fused-ring (bicyclic) bond motifs is 1. The van der Waals surface area contributed by atoms with Crippen LogP contribution in [0.3, 0.4) is 0 Å². The molecule has 1 aliphatic heterocycles. The maximum Gasteiger partial charge on any atom is 0.291 e. The molecule has 1 aliphatic rings. The van der Waals surface area contributed by atoms with Gasteiger partial charge in [0.25, 0.3) is 5.91 Å². The van der Waals surface area contributed by atoms with Gasteiger partial charge in [-0.05, 0) is 50.1 Å². The summed E-state index contributed by atoms with van der Waals surface area (Å²) >= 11 is 1.57. The van der Waals surface area contributed by atoms with Crippen LogP contribution in [0.4, 0.5) is 5.69 Å². The third-order valence-corrected chi connectivity index (χ3v) is 6.27. The topological polar surface area (TPSA) is 62.6 Å². The second-order valence-electron chi connectivity index (χ2n) is 7.13. The molecule has 4 rings (SSSR count). The van der Waals surface area contributed by atoms with Crippen LogP contribution >= 0.6 is 11.8 Å². The van der Waals surface area contributed by atoms with E-state index < -0.39 is 6.04 Å². The monoisotopic (exact) mass is 394 g/mol. The summed E-state index contributed by atoms with van der Waals surface area (Å²) in [6, 6.07) is 12.9. The molecule has 2 aromatic carbocycles. The number of nitrogens with zero attached hydrogens (tertiary/aromatic N) is 1. The van der Waals surface area contributed by atoms with Gasteiger partial charge in [-0.1, -0.05) is 24.3 Å². The van der Waals surface area contributed by atoms with Crippen LogP contribution in [0.15, 0.2) is 46.9 Å². The van der Waals surface area contributed by atoms with E-state index in [-0.39, 0.29) is 11.8 Å². The highest BCUT2D eigenvalue weighted by molar-refractivity contribution is 7.99. The lowest BCUT2D eigenvalue weighted by Gasteiger charge is -2.22. The van der Waals surface area contributed by atoms with Crippen molar-refractivity contribution >= 4 is 40.2 Å². The second-order valence-corrected chi connectivity index (χ2v) is 8.13. The second kappa shape index (κ2) is 7.36. The number of carbonyl (C=O) groups excluding carboxylic acids is 2. The summed E-state index contributed by atoms with van der Waals surface area (Å²) in [6.45, 7) is 5.92. The number of thioether (sulfide) groups is 1.